The largest absolute Gasteiger partial charge is 0.373 e. The van der Waals surface area contributed by atoms with E-state index in [2.05, 4.69) is 184 Å². The molecule has 0 aromatic heterocycles. The maximum absolute atomic E-state index is 7.50. The highest BCUT2D eigenvalue weighted by molar-refractivity contribution is 5.64. The third-order valence-corrected chi connectivity index (χ3v) is 9.58. The summed E-state index contributed by atoms with van der Waals surface area (Å²) >= 11 is 0. The van der Waals surface area contributed by atoms with Crippen molar-refractivity contribution in [1.29, 1.82) is 0 Å². The fourth-order valence-electron chi connectivity index (χ4n) is 7.02. The first-order valence-electron chi connectivity index (χ1n) is 17.3. The van der Waals surface area contributed by atoms with Crippen molar-refractivity contribution >= 4 is 0 Å². The lowest BCUT2D eigenvalue weighted by Gasteiger charge is -2.35. The molecule has 0 fully saturated rings. The molecule has 0 spiro atoms. The summed E-state index contributed by atoms with van der Waals surface area (Å²) in [6.07, 6.45) is 3.79. The lowest BCUT2D eigenvalue weighted by Crippen LogP contribution is -2.34. The third kappa shape index (κ3) is 8.36. The van der Waals surface area contributed by atoms with Gasteiger partial charge < -0.3 is 4.74 Å². The molecule has 0 bridgehead atoms. The van der Waals surface area contributed by atoms with Crippen LogP contribution in [-0.4, -0.2) is 12.2 Å². The monoisotopic (exact) mass is 614 g/mol. The average molecular weight is 615 g/mol. The molecule has 0 amide bonds. The summed E-state index contributed by atoms with van der Waals surface area (Å²) < 4.78 is 7.50. The van der Waals surface area contributed by atoms with Crippen molar-refractivity contribution in [3.63, 3.8) is 0 Å². The number of rotatable bonds is 14. The van der Waals surface area contributed by atoms with E-state index in [1.165, 1.54) is 44.5 Å². The highest BCUT2D eigenvalue weighted by atomic mass is 16.5. The van der Waals surface area contributed by atoms with Gasteiger partial charge in [-0.25, -0.2) is 0 Å². The molecule has 0 aliphatic carbocycles. The first-order chi connectivity index (χ1) is 23.2. The zero-order chi connectivity index (χ0) is 32.3. The number of ether oxygens (including phenoxy) is 1. The van der Waals surface area contributed by atoms with Gasteiger partial charge in [0.05, 0.1) is 12.2 Å². The predicted molar refractivity (Wildman–Crippen MR) is 199 cm³/mol. The van der Waals surface area contributed by atoms with Gasteiger partial charge in [-0.05, 0) is 70.2 Å². The van der Waals surface area contributed by atoms with Gasteiger partial charge in [-0.3, -0.25) is 0 Å². The van der Waals surface area contributed by atoms with E-state index in [1.54, 1.807) is 0 Å². The minimum absolute atomic E-state index is 0.0244. The van der Waals surface area contributed by atoms with E-state index in [4.69, 9.17) is 4.74 Å². The van der Waals surface area contributed by atoms with Crippen LogP contribution in [0.25, 0.3) is 22.3 Å². The van der Waals surface area contributed by atoms with E-state index in [0.29, 0.717) is 0 Å². The van der Waals surface area contributed by atoms with E-state index in [9.17, 15) is 0 Å². The highest BCUT2D eigenvalue weighted by Crippen LogP contribution is 2.36. The third-order valence-electron chi connectivity index (χ3n) is 9.58. The van der Waals surface area contributed by atoms with Crippen LogP contribution in [0.3, 0.4) is 0 Å². The Morgan fingerprint density at radius 2 is 0.660 bits per heavy atom. The Morgan fingerprint density at radius 3 is 0.979 bits per heavy atom. The second-order valence-electron chi connectivity index (χ2n) is 12.6. The van der Waals surface area contributed by atoms with Crippen LogP contribution in [0, 0.1) is 0 Å². The van der Waals surface area contributed by atoms with Crippen molar-refractivity contribution in [2.75, 3.05) is 0 Å². The van der Waals surface area contributed by atoms with Crippen LogP contribution in [0.2, 0.25) is 0 Å². The molecular formula is C46H46O. The molecule has 4 atom stereocenters. The van der Waals surface area contributed by atoms with Gasteiger partial charge in [0.25, 0.3) is 0 Å². The Morgan fingerprint density at radius 1 is 0.362 bits per heavy atom. The summed E-state index contributed by atoms with van der Waals surface area (Å²) in [5.74, 6) is 0.521. The molecule has 0 N–H and O–H groups in total. The zero-order valence-electron chi connectivity index (χ0n) is 27.7. The average Bonchev–Trinajstić information content (AvgIpc) is 3.14. The Hall–Kier alpha value is -4.72. The van der Waals surface area contributed by atoms with E-state index in [0.717, 1.165) is 25.7 Å². The lowest BCUT2D eigenvalue weighted by atomic mass is 9.84. The molecule has 0 radical (unpaired) electrons. The van der Waals surface area contributed by atoms with Crippen molar-refractivity contribution in [2.45, 2.75) is 63.6 Å². The van der Waals surface area contributed by atoms with Crippen molar-refractivity contribution in [3.05, 3.63) is 192 Å². The molecule has 6 aromatic carbocycles. The fourth-order valence-corrected chi connectivity index (χ4v) is 7.02. The molecule has 0 saturated carbocycles. The summed E-state index contributed by atoms with van der Waals surface area (Å²) in [5, 5.41) is 0. The molecule has 0 aliphatic rings. The molecule has 1 heteroatoms. The maximum Gasteiger partial charge on any atom is 0.0687 e. The van der Waals surface area contributed by atoms with Crippen molar-refractivity contribution in [2.24, 2.45) is 0 Å². The van der Waals surface area contributed by atoms with Crippen molar-refractivity contribution in [1.82, 2.24) is 0 Å². The fraction of sp³-hybridized carbons (Fsp3) is 0.217. The summed E-state index contributed by atoms with van der Waals surface area (Å²) in [7, 11) is 0. The molecule has 0 aliphatic heterocycles. The van der Waals surface area contributed by atoms with Crippen LogP contribution in [0.5, 0.6) is 0 Å². The Labute approximate surface area is 281 Å². The molecule has 1 nitrogen and oxygen atoms in total. The van der Waals surface area contributed by atoms with Gasteiger partial charge in [-0.1, -0.05) is 184 Å². The van der Waals surface area contributed by atoms with Crippen LogP contribution in [-0.2, 0) is 17.6 Å². The minimum Gasteiger partial charge on any atom is -0.373 e. The van der Waals surface area contributed by atoms with Gasteiger partial charge in [-0.2, -0.15) is 0 Å². The first kappa shape index (κ1) is 32.2. The molecule has 6 aromatic rings. The molecule has 0 heterocycles. The van der Waals surface area contributed by atoms with Gasteiger partial charge in [0, 0.05) is 11.8 Å². The van der Waals surface area contributed by atoms with Crippen molar-refractivity contribution in [3.8, 4) is 22.3 Å². The van der Waals surface area contributed by atoms with Gasteiger partial charge in [0.15, 0.2) is 0 Å². The molecule has 6 rings (SSSR count). The summed E-state index contributed by atoms with van der Waals surface area (Å²) in [4.78, 5) is 0. The molecular weight excluding hydrogens is 569 g/mol. The second kappa shape index (κ2) is 16.2. The van der Waals surface area contributed by atoms with Crippen LogP contribution in [0.15, 0.2) is 170 Å². The standard InChI is InChI=1S/C46H46O/c1-3-43(41-29-25-39(26-30-41)37-21-13-7-14-22-37)45(33-35-17-9-5-10-18-35)47-46(34-36-19-11-6-12-20-36)44(4-2)42-31-27-40(28-32-42)38-23-15-8-16-24-38/h5-32,43-46H,3-4,33-34H2,1-2H3. The van der Waals surface area contributed by atoms with Crippen LogP contribution in [0.4, 0.5) is 0 Å². The Balaban J connectivity index is 1.34. The van der Waals surface area contributed by atoms with Gasteiger partial charge in [0.2, 0.25) is 0 Å². The zero-order valence-corrected chi connectivity index (χ0v) is 27.7. The predicted octanol–water partition coefficient (Wildman–Crippen LogP) is 11.9. The van der Waals surface area contributed by atoms with Crippen LogP contribution < -0.4 is 0 Å². The summed E-state index contributed by atoms with van der Waals surface area (Å²) in [6.45, 7) is 4.62. The van der Waals surface area contributed by atoms with Crippen molar-refractivity contribution < 1.29 is 4.74 Å². The van der Waals surface area contributed by atoms with Gasteiger partial charge in [-0.15, -0.1) is 0 Å². The summed E-state index contributed by atoms with van der Waals surface area (Å²) in [5.41, 5.74) is 10.3. The lowest BCUT2D eigenvalue weighted by molar-refractivity contribution is -0.0401. The first-order valence-corrected chi connectivity index (χ1v) is 17.3. The van der Waals surface area contributed by atoms with E-state index < -0.39 is 0 Å². The topological polar surface area (TPSA) is 9.23 Å². The quantitative estimate of drug-likeness (QED) is 0.119. The second-order valence-corrected chi connectivity index (χ2v) is 12.6. The number of hydrogen-bond acceptors (Lipinski definition) is 1. The van der Waals surface area contributed by atoms with E-state index in [1.807, 2.05) is 0 Å². The SMILES string of the molecule is CCC(c1ccc(-c2ccccc2)cc1)C(Cc1ccccc1)OC(Cc1ccccc1)C(CC)c1ccc(-c2ccccc2)cc1. The minimum atomic E-state index is 0.0244. The summed E-state index contributed by atoms with van der Waals surface area (Å²) in [6, 6.07) is 61.4. The normalized spacial score (nSPS) is 13.8. The smallest absolute Gasteiger partial charge is 0.0687 e. The Kier molecular flexibility index (Phi) is 11.1. The molecule has 236 valence electrons. The number of hydrogen-bond donors (Lipinski definition) is 0. The number of benzene rings is 6. The van der Waals surface area contributed by atoms with Crippen LogP contribution in [0.1, 0.15) is 60.8 Å². The van der Waals surface area contributed by atoms with Gasteiger partial charge in [0.1, 0.15) is 0 Å². The van der Waals surface area contributed by atoms with E-state index in [-0.39, 0.29) is 24.0 Å². The molecule has 4 unspecified atom stereocenters. The van der Waals surface area contributed by atoms with E-state index >= 15 is 0 Å². The maximum atomic E-state index is 7.50. The Bertz CT molecular complexity index is 1610. The molecule has 0 saturated heterocycles. The van der Waals surface area contributed by atoms with Crippen LogP contribution >= 0.6 is 0 Å². The van der Waals surface area contributed by atoms with Gasteiger partial charge >= 0.3 is 0 Å². The molecule has 47 heavy (non-hydrogen) atoms. The highest BCUT2D eigenvalue weighted by Gasteiger charge is 2.31.